The van der Waals surface area contributed by atoms with Crippen molar-refractivity contribution in [2.75, 3.05) is 0 Å². The molecule has 0 fully saturated rings. The molecular weight excluding hydrogens is 184 g/mol. The second-order valence-corrected chi connectivity index (χ2v) is 3.72. The number of nitrogens with zero attached hydrogens (tertiary/aromatic N) is 2. The standard InChI is InChI=1S/C10H11ClN2/c1-6-4-9-10(5-8(6)11)13(3)7(2)12-9/h4-5H,1-3H3. The first kappa shape index (κ1) is 8.57. The Morgan fingerprint density at radius 3 is 2.69 bits per heavy atom. The van der Waals surface area contributed by atoms with Crippen LogP contribution in [0.2, 0.25) is 5.02 Å². The van der Waals surface area contributed by atoms with Crippen molar-refractivity contribution >= 4 is 22.6 Å². The van der Waals surface area contributed by atoms with E-state index in [4.69, 9.17) is 11.6 Å². The van der Waals surface area contributed by atoms with E-state index in [0.717, 1.165) is 27.4 Å². The van der Waals surface area contributed by atoms with Crippen LogP contribution in [0, 0.1) is 13.8 Å². The number of imidazole rings is 1. The largest absolute Gasteiger partial charge is 0.331 e. The third kappa shape index (κ3) is 1.22. The third-order valence-electron chi connectivity index (χ3n) is 2.38. The lowest BCUT2D eigenvalue weighted by atomic mass is 10.2. The lowest BCUT2D eigenvalue weighted by Gasteiger charge is -1.99. The van der Waals surface area contributed by atoms with Crippen LogP contribution in [0.25, 0.3) is 11.0 Å². The molecule has 1 aromatic carbocycles. The minimum absolute atomic E-state index is 0.801. The van der Waals surface area contributed by atoms with Gasteiger partial charge in [-0.2, -0.15) is 0 Å². The van der Waals surface area contributed by atoms with Crippen LogP contribution >= 0.6 is 11.6 Å². The zero-order valence-electron chi connectivity index (χ0n) is 7.93. The fourth-order valence-corrected chi connectivity index (χ4v) is 1.60. The van der Waals surface area contributed by atoms with Crippen LogP contribution in [-0.4, -0.2) is 9.55 Å². The number of halogens is 1. The van der Waals surface area contributed by atoms with Crippen molar-refractivity contribution in [1.82, 2.24) is 9.55 Å². The van der Waals surface area contributed by atoms with E-state index in [2.05, 4.69) is 4.98 Å². The van der Waals surface area contributed by atoms with E-state index in [1.807, 2.05) is 37.6 Å². The minimum atomic E-state index is 0.801. The molecule has 0 saturated carbocycles. The lowest BCUT2D eigenvalue weighted by molar-refractivity contribution is 0.886. The molecule has 0 atom stereocenters. The van der Waals surface area contributed by atoms with Gasteiger partial charge in [-0.25, -0.2) is 4.98 Å². The Balaban J connectivity index is 2.89. The molecule has 0 saturated heterocycles. The van der Waals surface area contributed by atoms with E-state index >= 15 is 0 Å². The molecule has 2 aromatic rings. The fraction of sp³-hybridized carbons (Fsp3) is 0.300. The van der Waals surface area contributed by atoms with E-state index in [9.17, 15) is 0 Å². The van der Waals surface area contributed by atoms with E-state index in [-0.39, 0.29) is 0 Å². The monoisotopic (exact) mass is 194 g/mol. The van der Waals surface area contributed by atoms with Crippen LogP contribution in [0.4, 0.5) is 0 Å². The summed E-state index contributed by atoms with van der Waals surface area (Å²) in [4.78, 5) is 4.42. The highest BCUT2D eigenvalue weighted by molar-refractivity contribution is 6.32. The van der Waals surface area contributed by atoms with E-state index in [1.165, 1.54) is 0 Å². The second kappa shape index (κ2) is 2.74. The highest BCUT2D eigenvalue weighted by Crippen LogP contribution is 2.23. The number of fused-ring (bicyclic) bond motifs is 1. The topological polar surface area (TPSA) is 17.8 Å². The van der Waals surface area contributed by atoms with Gasteiger partial charge in [-0.1, -0.05) is 11.6 Å². The average molecular weight is 195 g/mol. The first-order valence-corrected chi connectivity index (χ1v) is 4.56. The minimum Gasteiger partial charge on any atom is -0.331 e. The molecule has 1 heterocycles. The van der Waals surface area contributed by atoms with Gasteiger partial charge < -0.3 is 4.57 Å². The Morgan fingerprint density at radius 2 is 2.00 bits per heavy atom. The molecule has 3 heteroatoms. The maximum Gasteiger partial charge on any atom is 0.106 e. The molecule has 0 spiro atoms. The summed E-state index contributed by atoms with van der Waals surface area (Å²) in [6, 6.07) is 3.98. The van der Waals surface area contributed by atoms with E-state index in [1.54, 1.807) is 0 Å². The van der Waals surface area contributed by atoms with Crippen molar-refractivity contribution in [2.45, 2.75) is 13.8 Å². The Kier molecular flexibility index (Phi) is 1.81. The summed E-state index contributed by atoms with van der Waals surface area (Å²) in [6.45, 7) is 3.98. The Hall–Kier alpha value is -1.02. The van der Waals surface area contributed by atoms with Crippen molar-refractivity contribution < 1.29 is 0 Å². The molecule has 0 amide bonds. The van der Waals surface area contributed by atoms with Gasteiger partial charge in [0.2, 0.25) is 0 Å². The maximum absolute atomic E-state index is 6.03. The molecule has 0 radical (unpaired) electrons. The van der Waals surface area contributed by atoms with Gasteiger partial charge in [0.1, 0.15) is 5.82 Å². The van der Waals surface area contributed by atoms with Crippen molar-refractivity contribution in [2.24, 2.45) is 7.05 Å². The van der Waals surface area contributed by atoms with Crippen molar-refractivity contribution in [3.63, 3.8) is 0 Å². The molecular formula is C10H11ClN2. The van der Waals surface area contributed by atoms with E-state index < -0.39 is 0 Å². The normalized spacial score (nSPS) is 11.1. The highest BCUT2D eigenvalue weighted by Gasteiger charge is 2.05. The van der Waals surface area contributed by atoms with E-state index in [0.29, 0.717) is 0 Å². The predicted octanol–water partition coefficient (Wildman–Crippen LogP) is 2.84. The molecule has 2 nitrogen and oxygen atoms in total. The number of rotatable bonds is 0. The summed E-state index contributed by atoms with van der Waals surface area (Å²) in [6.07, 6.45) is 0. The van der Waals surface area contributed by atoms with Gasteiger partial charge in [-0.3, -0.25) is 0 Å². The predicted molar refractivity (Wildman–Crippen MR) is 55.2 cm³/mol. The molecule has 0 bridgehead atoms. The molecule has 1 aromatic heterocycles. The summed E-state index contributed by atoms with van der Waals surface area (Å²) in [7, 11) is 2.00. The van der Waals surface area contributed by atoms with Crippen molar-refractivity contribution in [3.8, 4) is 0 Å². The van der Waals surface area contributed by atoms with Gasteiger partial charge in [0.15, 0.2) is 0 Å². The van der Waals surface area contributed by atoms with Crippen molar-refractivity contribution in [3.05, 3.63) is 28.5 Å². The zero-order chi connectivity index (χ0) is 9.59. The lowest BCUT2D eigenvalue weighted by Crippen LogP contribution is -1.90. The zero-order valence-corrected chi connectivity index (χ0v) is 8.68. The van der Waals surface area contributed by atoms with Gasteiger partial charge in [-0.15, -0.1) is 0 Å². The number of aryl methyl sites for hydroxylation is 3. The molecule has 0 aliphatic rings. The molecule has 13 heavy (non-hydrogen) atoms. The van der Waals surface area contributed by atoms with Gasteiger partial charge in [0, 0.05) is 12.1 Å². The number of hydrogen-bond acceptors (Lipinski definition) is 1. The van der Waals surface area contributed by atoms with Crippen molar-refractivity contribution in [1.29, 1.82) is 0 Å². The van der Waals surface area contributed by atoms with Gasteiger partial charge in [0.25, 0.3) is 0 Å². The molecule has 2 rings (SSSR count). The van der Waals surface area contributed by atoms with Gasteiger partial charge in [-0.05, 0) is 31.5 Å². The summed E-state index contributed by atoms with van der Waals surface area (Å²) in [5.41, 5.74) is 3.18. The molecule has 0 unspecified atom stereocenters. The Morgan fingerprint density at radius 1 is 1.31 bits per heavy atom. The number of aromatic nitrogens is 2. The quantitative estimate of drug-likeness (QED) is 0.631. The van der Waals surface area contributed by atoms with Crippen LogP contribution in [0.3, 0.4) is 0 Å². The van der Waals surface area contributed by atoms with Crippen LogP contribution in [0.1, 0.15) is 11.4 Å². The highest BCUT2D eigenvalue weighted by atomic mass is 35.5. The summed E-state index contributed by atoms with van der Waals surface area (Å²) < 4.78 is 2.04. The Labute approximate surface area is 82.1 Å². The first-order valence-electron chi connectivity index (χ1n) is 4.19. The summed E-state index contributed by atoms with van der Waals surface area (Å²) in [5, 5.41) is 0.801. The average Bonchev–Trinajstić information content (AvgIpc) is 2.32. The second-order valence-electron chi connectivity index (χ2n) is 3.31. The maximum atomic E-state index is 6.03. The molecule has 0 N–H and O–H groups in total. The SMILES string of the molecule is Cc1cc2nc(C)n(C)c2cc1Cl. The van der Waals surface area contributed by atoms with Crippen LogP contribution in [0.15, 0.2) is 12.1 Å². The van der Waals surface area contributed by atoms with Crippen LogP contribution in [0.5, 0.6) is 0 Å². The number of hydrogen-bond donors (Lipinski definition) is 0. The molecule has 0 aliphatic heterocycles. The van der Waals surface area contributed by atoms with Crippen LogP contribution < -0.4 is 0 Å². The number of benzene rings is 1. The van der Waals surface area contributed by atoms with Gasteiger partial charge >= 0.3 is 0 Å². The molecule has 68 valence electrons. The Bertz CT molecular complexity index is 471. The summed E-state index contributed by atoms with van der Waals surface area (Å²) >= 11 is 6.03. The third-order valence-corrected chi connectivity index (χ3v) is 2.79. The fourth-order valence-electron chi connectivity index (χ4n) is 1.44. The summed E-state index contributed by atoms with van der Waals surface area (Å²) in [5.74, 6) is 1.01. The van der Waals surface area contributed by atoms with Crippen LogP contribution in [-0.2, 0) is 7.05 Å². The molecule has 0 aliphatic carbocycles. The smallest absolute Gasteiger partial charge is 0.106 e. The van der Waals surface area contributed by atoms with Gasteiger partial charge in [0.05, 0.1) is 11.0 Å². The first-order chi connectivity index (χ1) is 6.09.